The summed E-state index contributed by atoms with van der Waals surface area (Å²) in [5.74, 6) is -0.797. The third kappa shape index (κ3) is 4.85. The highest BCUT2D eigenvalue weighted by Crippen LogP contribution is 2.15. The zero-order chi connectivity index (χ0) is 16.9. The second-order valence-electron chi connectivity index (χ2n) is 4.80. The molecule has 0 saturated carbocycles. The largest absolute Gasteiger partial charge is 0.412 e. The first-order chi connectivity index (χ1) is 10.9. The number of rotatable bonds is 7. The van der Waals surface area contributed by atoms with E-state index in [0.717, 1.165) is 0 Å². The fourth-order valence-corrected chi connectivity index (χ4v) is 2.90. The number of carbonyl (C=O) groups excluding carboxylic acids is 1. The normalized spacial score (nSPS) is 11.4. The number of hydrogen-bond acceptors (Lipinski definition) is 6. The van der Waals surface area contributed by atoms with Crippen molar-refractivity contribution >= 4 is 15.7 Å². The van der Waals surface area contributed by atoms with E-state index < -0.39 is 20.9 Å². The molecule has 0 spiro atoms. The molecule has 0 radical (unpaired) electrons. The van der Waals surface area contributed by atoms with Crippen molar-refractivity contribution in [3.8, 4) is 0 Å². The Labute approximate surface area is 132 Å². The maximum absolute atomic E-state index is 12.8. The average molecular weight is 341 g/mol. The number of nitrogens with one attached hydrogen (secondary N) is 1. The smallest absolute Gasteiger partial charge is 0.335 e. The number of sulfone groups is 1. The van der Waals surface area contributed by atoms with Gasteiger partial charge in [-0.05, 0) is 17.7 Å². The molecule has 7 nitrogen and oxygen atoms in total. The van der Waals surface area contributed by atoms with E-state index in [1.807, 2.05) is 0 Å². The predicted octanol–water partition coefficient (Wildman–Crippen LogP) is 1.25. The first-order valence-electron chi connectivity index (χ1n) is 6.97. The molecule has 0 aliphatic heterocycles. The minimum absolute atomic E-state index is 0.117. The van der Waals surface area contributed by atoms with E-state index >= 15 is 0 Å². The highest BCUT2D eigenvalue weighted by atomic mass is 32.2. The highest BCUT2D eigenvalue weighted by molar-refractivity contribution is 7.90. The summed E-state index contributed by atoms with van der Waals surface area (Å²) in [7, 11) is -3.80. The first-order valence-corrected chi connectivity index (χ1v) is 8.62. The summed E-state index contributed by atoms with van der Waals surface area (Å²) in [5.41, 5.74) is 0.418. The van der Waals surface area contributed by atoms with E-state index in [-0.39, 0.29) is 30.5 Å². The van der Waals surface area contributed by atoms with Crippen LogP contribution in [-0.2, 0) is 26.8 Å². The summed E-state index contributed by atoms with van der Waals surface area (Å²) in [6.07, 6.45) is 0.603. The molecule has 23 heavy (non-hydrogen) atoms. The summed E-state index contributed by atoms with van der Waals surface area (Å²) in [6.45, 7) is 2.01. The molecule has 0 bridgehead atoms. The van der Waals surface area contributed by atoms with Crippen LogP contribution in [0.15, 0.2) is 33.9 Å². The SMILES string of the molecule is CCC(=O)NCCc1nnc(S(=O)(=O)Cc2ccc(F)cc2)o1. The van der Waals surface area contributed by atoms with Gasteiger partial charge in [0.25, 0.3) is 0 Å². The molecular weight excluding hydrogens is 325 g/mol. The van der Waals surface area contributed by atoms with E-state index in [2.05, 4.69) is 15.5 Å². The van der Waals surface area contributed by atoms with Crippen LogP contribution < -0.4 is 5.32 Å². The average Bonchev–Trinajstić information content (AvgIpc) is 2.99. The molecule has 2 aromatic rings. The number of halogens is 1. The van der Waals surface area contributed by atoms with Gasteiger partial charge in [-0.15, -0.1) is 5.10 Å². The van der Waals surface area contributed by atoms with Crippen molar-refractivity contribution in [1.82, 2.24) is 15.5 Å². The molecule has 124 valence electrons. The molecule has 0 aliphatic rings. The lowest BCUT2D eigenvalue weighted by Crippen LogP contribution is -2.24. The Morgan fingerprint density at radius 2 is 1.96 bits per heavy atom. The van der Waals surface area contributed by atoms with Gasteiger partial charge in [-0.3, -0.25) is 4.79 Å². The van der Waals surface area contributed by atoms with E-state index in [1.165, 1.54) is 24.3 Å². The van der Waals surface area contributed by atoms with Gasteiger partial charge in [0.15, 0.2) is 0 Å². The topological polar surface area (TPSA) is 102 Å². The van der Waals surface area contributed by atoms with Crippen molar-refractivity contribution in [2.45, 2.75) is 30.7 Å². The zero-order valence-electron chi connectivity index (χ0n) is 12.5. The van der Waals surface area contributed by atoms with Gasteiger partial charge < -0.3 is 9.73 Å². The van der Waals surface area contributed by atoms with Gasteiger partial charge in [0.1, 0.15) is 5.82 Å². The Morgan fingerprint density at radius 1 is 1.26 bits per heavy atom. The third-order valence-corrected chi connectivity index (χ3v) is 4.38. The van der Waals surface area contributed by atoms with Crippen LogP contribution in [0.25, 0.3) is 0 Å². The number of carbonyl (C=O) groups is 1. The minimum Gasteiger partial charge on any atom is -0.412 e. The Hall–Kier alpha value is -2.29. The van der Waals surface area contributed by atoms with E-state index in [4.69, 9.17) is 4.42 Å². The van der Waals surface area contributed by atoms with Gasteiger partial charge in [0, 0.05) is 19.4 Å². The first kappa shape index (κ1) is 17.1. The Morgan fingerprint density at radius 3 is 2.61 bits per heavy atom. The molecule has 1 aromatic carbocycles. The predicted molar refractivity (Wildman–Crippen MR) is 78.6 cm³/mol. The number of benzene rings is 1. The minimum atomic E-state index is -3.80. The summed E-state index contributed by atoms with van der Waals surface area (Å²) in [5, 5.41) is 9.32. The van der Waals surface area contributed by atoms with Gasteiger partial charge in [-0.1, -0.05) is 24.2 Å². The molecule has 1 heterocycles. The Kier molecular flexibility index (Phi) is 5.43. The van der Waals surface area contributed by atoms with Crippen molar-refractivity contribution in [1.29, 1.82) is 0 Å². The standard InChI is InChI=1S/C14H16FN3O4S/c1-2-12(19)16-8-7-13-17-18-14(22-13)23(20,21)9-10-3-5-11(15)6-4-10/h3-6H,2,7-9H2,1H3,(H,16,19). The fraction of sp³-hybridized carbons (Fsp3) is 0.357. The maximum atomic E-state index is 12.8. The van der Waals surface area contributed by atoms with Gasteiger partial charge >= 0.3 is 5.22 Å². The van der Waals surface area contributed by atoms with Crippen LogP contribution in [0.4, 0.5) is 4.39 Å². The molecule has 0 atom stereocenters. The van der Waals surface area contributed by atoms with Crippen molar-refractivity contribution in [3.05, 3.63) is 41.5 Å². The summed E-state index contributed by atoms with van der Waals surface area (Å²) in [4.78, 5) is 11.1. The van der Waals surface area contributed by atoms with Crippen molar-refractivity contribution < 1.29 is 22.0 Å². The van der Waals surface area contributed by atoms with E-state index in [1.54, 1.807) is 6.92 Å². The second kappa shape index (κ2) is 7.32. The third-order valence-electron chi connectivity index (χ3n) is 2.97. The van der Waals surface area contributed by atoms with Crippen LogP contribution in [-0.4, -0.2) is 31.1 Å². The lowest BCUT2D eigenvalue weighted by atomic mass is 10.2. The number of amides is 1. The second-order valence-corrected chi connectivity index (χ2v) is 6.67. The van der Waals surface area contributed by atoms with Crippen LogP contribution in [0, 0.1) is 5.82 Å². The summed E-state index contributed by atoms with van der Waals surface area (Å²) in [6, 6.07) is 5.12. The Bertz CT molecular complexity index is 772. The molecule has 1 aromatic heterocycles. The molecule has 0 fully saturated rings. The Balaban J connectivity index is 2.00. The molecular formula is C14H16FN3O4S. The van der Waals surface area contributed by atoms with Crippen LogP contribution >= 0.6 is 0 Å². The number of nitrogens with zero attached hydrogens (tertiary/aromatic N) is 2. The van der Waals surface area contributed by atoms with Gasteiger partial charge in [0.2, 0.25) is 21.6 Å². The van der Waals surface area contributed by atoms with Gasteiger partial charge in [-0.25, -0.2) is 12.8 Å². The molecule has 1 amide bonds. The van der Waals surface area contributed by atoms with Crippen molar-refractivity contribution in [3.63, 3.8) is 0 Å². The van der Waals surface area contributed by atoms with Gasteiger partial charge in [0.05, 0.1) is 5.75 Å². The fourth-order valence-electron chi connectivity index (χ4n) is 1.76. The molecule has 9 heteroatoms. The quantitative estimate of drug-likeness (QED) is 0.813. The lowest BCUT2D eigenvalue weighted by Gasteiger charge is -2.01. The maximum Gasteiger partial charge on any atom is 0.335 e. The number of hydrogen-bond donors (Lipinski definition) is 1. The van der Waals surface area contributed by atoms with E-state index in [0.29, 0.717) is 12.0 Å². The number of aromatic nitrogens is 2. The van der Waals surface area contributed by atoms with Crippen molar-refractivity contribution in [2.75, 3.05) is 6.54 Å². The van der Waals surface area contributed by atoms with Crippen molar-refractivity contribution in [2.24, 2.45) is 0 Å². The summed E-state index contributed by atoms with van der Waals surface area (Å²) < 4.78 is 42.3. The molecule has 1 N–H and O–H groups in total. The molecule has 0 saturated heterocycles. The lowest BCUT2D eigenvalue weighted by molar-refractivity contribution is -0.120. The van der Waals surface area contributed by atoms with Crippen LogP contribution in [0.3, 0.4) is 0 Å². The molecule has 0 unspecified atom stereocenters. The van der Waals surface area contributed by atoms with Crippen LogP contribution in [0.1, 0.15) is 24.8 Å². The van der Waals surface area contributed by atoms with Gasteiger partial charge in [-0.2, -0.15) is 0 Å². The van der Waals surface area contributed by atoms with E-state index in [9.17, 15) is 17.6 Å². The van der Waals surface area contributed by atoms with Crippen LogP contribution in [0.5, 0.6) is 0 Å². The molecule has 0 aliphatic carbocycles. The monoisotopic (exact) mass is 341 g/mol. The summed E-state index contributed by atoms with van der Waals surface area (Å²) >= 11 is 0. The van der Waals surface area contributed by atoms with Crippen LogP contribution in [0.2, 0.25) is 0 Å². The molecule has 2 rings (SSSR count). The highest BCUT2D eigenvalue weighted by Gasteiger charge is 2.23. The zero-order valence-corrected chi connectivity index (χ0v) is 13.3.